The highest BCUT2D eigenvalue weighted by atomic mass is 16.5. The lowest BCUT2D eigenvalue weighted by atomic mass is 9.67. The van der Waals surface area contributed by atoms with Crippen molar-refractivity contribution in [3.8, 4) is 34.0 Å². The number of pyridine rings is 2. The Hall–Kier alpha value is -5.30. The largest absolute Gasteiger partial charge is 0.457 e. The van der Waals surface area contributed by atoms with Crippen molar-refractivity contribution < 1.29 is 4.74 Å². The fourth-order valence-electron chi connectivity index (χ4n) is 5.34. The Labute approximate surface area is 239 Å². The van der Waals surface area contributed by atoms with Crippen molar-refractivity contribution in [2.24, 2.45) is 0 Å². The first-order valence-electron chi connectivity index (χ1n) is 13.0. The zero-order valence-electron chi connectivity index (χ0n) is 22.0. The van der Waals surface area contributed by atoms with Crippen molar-refractivity contribution in [2.75, 3.05) is 0 Å². The molecule has 0 amide bonds. The van der Waals surface area contributed by atoms with E-state index in [1.54, 1.807) is 0 Å². The predicted octanol–water partition coefficient (Wildman–Crippen LogP) is 7.13. The van der Waals surface area contributed by atoms with Crippen molar-refractivity contribution in [3.05, 3.63) is 144 Å². The summed E-state index contributed by atoms with van der Waals surface area (Å²) in [7, 11) is 0. The van der Waals surface area contributed by atoms with Gasteiger partial charge in [-0.1, -0.05) is 56.0 Å². The van der Waals surface area contributed by atoms with Gasteiger partial charge in [-0.3, -0.25) is 9.97 Å². The molecule has 41 heavy (non-hydrogen) atoms. The van der Waals surface area contributed by atoms with E-state index < -0.39 is 5.41 Å². The Morgan fingerprint density at radius 2 is 0.927 bits per heavy atom. The maximum absolute atomic E-state index is 6.44. The monoisotopic (exact) mass is 536 g/mol. The minimum atomic E-state index is -0.867. The second-order valence-electron chi connectivity index (χ2n) is 9.70. The van der Waals surface area contributed by atoms with E-state index in [4.69, 9.17) is 14.7 Å². The van der Waals surface area contributed by atoms with Gasteiger partial charge in [0.15, 0.2) is 0 Å². The normalized spacial score (nSPS) is 12.8. The van der Waals surface area contributed by atoms with Gasteiger partial charge < -0.3 is 4.74 Å². The molecule has 0 saturated heterocycles. The van der Waals surface area contributed by atoms with Crippen LogP contribution in [0.5, 0.6) is 11.5 Å². The van der Waals surface area contributed by atoms with Gasteiger partial charge in [-0.15, -0.1) is 0 Å². The zero-order chi connectivity index (χ0) is 27.1. The summed E-state index contributed by atoms with van der Waals surface area (Å²) >= 11 is 0. The second kappa shape index (κ2) is 10.4. The molecule has 0 unspecified atom stereocenters. The number of para-hydroxylation sites is 2. The summed E-state index contributed by atoms with van der Waals surface area (Å²) in [6.07, 6.45) is 7.24. The number of rotatable bonds is 4. The molecule has 7 heteroatoms. The highest BCUT2D eigenvalue weighted by Gasteiger charge is 2.47. The average molecular weight is 537 g/mol. The number of fused-ring (bicyclic) bond motifs is 2. The standard InChI is InChI=1S/C33H24N6O.CH4/c1-21-34-17-23(18-35-21)27-11-7-15-31(38-27)33(32-16-8-12-28(39-32)24-19-36-22(2)37-20-24)25-9-3-5-13-29(25)40-30-14-6-4-10-26(30)33;/h3-20H,1-2H3;1H4. The van der Waals surface area contributed by atoms with Crippen molar-refractivity contribution in [3.63, 3.8) is 0 Å². The van der Waals surface area contributed by atoms with Crippen LogP contribution in [0.2, 0.25) is 0 Å². The van der Waals surface area contributed by atoms with Crippen LogP contribution < -0.4 is 4.74 Å². The Morgan fingerprint density at radius 1 is 0.512 bits per heavy atom. The van der Waals surface area contributed by atoms with Crippen LogP contribution in [-0.4, -0.2) is 29.9 Å². The molecule has 0 saturated carbocycles. The molecule has 0 bridgehead atoms. The van der Waals surface area contributed by atoms with E-state index in [0.29, 0.717) is 11.6 Å². The quantitative estimate of drug-likeness (QED) is 0.236. The molecule has 5 heterocycles. The summed E-state index contributed by atoms with van der Waals surface area (Å²) in [5.41, 5.74) is 5.94. The molecular weight excluding hydrogens is 508 g/mol. The van der Waals surface area contributed by atoms with Crippen LogP contribution in [0.4, 0.5) is 0 Å². The van der Waals surface area contributed by atoms with Gasteiger partial charge in [-0.2, -0.15) is 0 Å². The van der Waals surface area contributed by atoms with Crippen LogP contribution in [0.1, 0.15) is 41.6 Å². The van der Waals surface area contributed by atoms with Crippen molar-refractivity contribution in [2.45, 2.75) is 26.7 Å². The van der Waals surface area contributed by atoms with Gasteiger partial charge in [-0.25, -0.2) is 19.9 Å². The van der Waals surface area contributed by atoms with Crippen LogP contribution in [0.25, 0.3) is 22.5 Å². The Bertz CT molecular complexity index is 1710. The summed E-state index contributed by atoms with van der Waals surface area (Å²) in [6, 6.07) is 28.3. The maximum Gasteiger partial charge on any atom is 0.132 e. The summed E-state index contributed by atoms with van der Waals surface area (Å²) in [5, 5.41) is 0. The fraction of sp³-hybridized carbons (Fsp3) is 0.118. The molecule has 0 atom stereocenters. The van der Waals surface area contributed by atoms with Gasteiger partial charge in [0, 0.05) is 47.0 Å². The van der Waals surface area contributed by atoms with E-state index in [1.165, 1.54) is 0 Å². The van der Waals surface area contributed by atoms with E-state index in [1.807, 2.05) is 99.3 Å². The third kappa shape index (κ3) is 4.32. The number of benzene rings is 2. The van der Waals surface area contributed by atoms with Crippen LogP contribution in [0, 0.1) is 13.8 Å². The molecule has 0 radical (unpaired) electrons. The Morgan fingerprint density at radius 3 is 1.37 bits per heavy atom. The SMILES string of the molecule is C.Cc1ncc(-c2cccc(C3(c4cccc(-c5cnc(C)nc5)n4)c4ccccc4Oc4ccccc43)n2)cn1. The lowest BCUT2D eigenvalue weighted by Gasteiger charge is -2.39. The first-order valence-corrected chi connectivity index (χ1v) is 13.0. The van der Waals surface area contributed by atoms with Gasteiger partial charge >= 0.3 is 0 Å². The molecule has 1 aliphatic heterocycles. The van der Waals surface area contributed by atoms with E-state index in [0.717, 1.165) is 56.5 Å². The molecule has 6 aromatic rings. The smallest absolute Gasteiger partial charge is 0.132 e. The van der Waals surface area contributed by atoms with Crippen LogP contribution in [0.3, 0.4) is 0 Å². The summed E-state index contributed by atoms with van der Waals surface area (Å²) in [5.74, 6) is 2.95. The highest BCUT2D eigenvalue weighted by Crippen LogP contribution is 2.54. The number of ether oxygens (including phenoxy) is 1. The average Bonchev–Trinajstić information content (AvgIpc) is 3.01. The molecule has 0 spiro atoms. The van der Waals surface area contributed by atoms with Gasteiger partial charge in [0.1, 0.15) is 28.6 Å². The lowest BCUT2D eigenvalue weighted by molar-refractivity contribution is 0.430. The van der Waals surface area contributed by atoms with Crippen LogP contribution >= 0.6 is 0 Å². The highest BCUT2D eigenvalue weighted by molar-refractivity contribution is 5.69. The van der Waals surface area contributed by atoms with E-state index in [2.05, 4.69) is 44.2 Å². The second-order valence-corrected chi connectivity index (χ2v) is 9.70. The number of aryl methyl sites for hydroxylation is 2. The van der Waals surface area contributed by atoms with Crippen molar-refractivity contribution in [1.29, 1.82) is 0 Å². The fourth-order valence-corrected chi connectivity index (χ4v) is 5.34. The minimum absolute atomic E-state index is 0. The first kappa shape index (κ1) is 26.0. The molecule has 7 nitrogen and oxygen atoms in total. The summed E-state index contributed by atoms with van der Waals surface area (Å²) in [4.78, 5) is 28.1. The molecule has 4 aromatic heterocycles. The molecule has 0 N–H and O–H groups in total. The van der Waals surface area contributed by atoms with E-state index in [-0.39, 0.29) is 7.43 Å². The minimum Gasteiger partial charge on any atom is -0.457 e. The third-order valence-electron chi connectivity index (χ3n) is 7.22. The Kier molecular flexibility index (Phi) is 6.55. The van der Waals surface area contributed by atoms with Gasteiger partial charge in [-0.05, 0) is 50.2 Å². The number of aromatic nitrogens is 6. The Balaban J connectivity index is 0.00000302. The lowest BCUT2D eigenvalue weighted by Crippen LogP contribution is -2.36. The molecule has 1 aliphatic rings. The third-order valence-corrected chi connectivity index (χ3v) is 7.22. The zero-order valence-corrected chi connectivity index (χ0v) is 22.0. The molecule has 2 aromatic carbocycles. The summed E-state index contributed by atoms with van der Waals surface area (Å²) < 4.78 is 6.44. The maximum atomic E-state index is 6.44. The molecular formula is C34H28N6O. The molecule has 200 valence electrons. The van der Waals surface area contributed by atoms with Gasteiger partial charge in [0.2, 0.25) is 0 Å². The first-order chi connectivity index (χ1) is 19.6. The number of hydrogen-bond donors (Lipinski definition) is 0. The van der Waals surface area contributed by atoms with E-state index in [9.17, 15) is 0 Å². The van der Waals surface area contributed by atoms with Crippen molar-refractivity contribution >= 4 is 0 Å². The van der Waals surface area contributed by atoms with Gasteiger partial charge in [0.05, 0.1) is 22.8 Å². The molecule has 0 aliphatic carbocycles. The molecule has 0 fully saturated rings. The number of nitrogens with zero attached hydrogens (tertiary/aromatic N) is 6. The van der Waals surface area contributed by atoms with Crippen LogP contribution in [0.15, 0.2) is 110 Å². The van der Waals surface area contributed by atoms with Crippen LogP contribution in [-0.2, 0) is 5.41 Å². The predicted molar refractivity (Wildman–Crippen MR) is 159 cm³/mol. The topological polar surface area (TPSA) is 86.6 Å². The van der Waals surface area contributed by atoms with Crippen molar-refractivity contribution in [1.82, 2.24) is 29.9 Å². The molecule has 7 rings (SSSR count). The number of hydrogen-bond acceptors (Lipinski definition) is 7. The summed E-state index contributed by atoms with van der Waals surface area (Å²) in [6.45, 7) is 3.74. The van der Waals surface area contributed by atoms with E-state index >= 15 is 0 Å². The van der Waals surface area contributed by atoms with Gasteiger partial charge in [0.25, 0.3) is 0 Å².